The van der Waals surface area contributed by atoms with Crippen LogP contribution in [0.2, 0.25) is 0 Å². The zero-order chi connectivity index (χ0) is 13.5. The van der Waals surface area contributed by atoms with Crippen LogP contribution in [0.1, 0.15) is 32.1 Å². The Bertz CT molecular complexity index is 394. The summed E-state index contributed by atoms with van der Waals surface area (Å²) in [6, 6.07) is 1.71. The van der Waals surface area contributed by atoms with Crippen molar-refractivity contribution in [3.63, 3.8) is 0 Å². The molecular formula is C12H22N6O. The molecule has 6 N–H and O–H groups in total. The van der Waals surface area contributed by atoms with Crippen LogP contribution in [0, 0.1) is 0 Å². The van der Waals surface area contributed by atoms with Gasteiger partial charge in [0.25, 0.3) is 0 Å². The Hall–Kier alpha value is -1.60. The van der Waals surface area contributed by atoms with Crippen molar-refractivity contribution in [1.82, 2.24) is 9.97 Å². The molecule has 7 heteroatoms. The van der Waals surface area contributed by atoms with E-state index in [1.807, 2.05) is 0 Å². The first-order valence-electron chi connectivity index (χ1n) is 6.74. The van der Waals surface area contributed by atoms with Gasteiger partial charge in [0.2, 0.25) is 5.95 Å². The molecule has 19 heavy (non-hydrogen) atoms. The zero-order valence-electron chi connectivity index (χ0n) is 11.1. The highest BCUT2D eigenvalue weighted by Crippen LogP contribution is 2.20. The van der Waals surface area contributed by atoms with Crippen molar-refractivity contribution < 1.29 is 4.74 Å². The molecule has 0 aliphatic heterocycles. The predicted octanol–water partition coefficient (Wildman–Crippen LogP) is 1.11. The van der Waals surface area contributed by atoms with E-state index in [1.165, 1.54) is 32.1 Å². The second-order valence-electron chi connectivity index (χ2n) is 4.70. The third kappa shape index (κ3) is 4.53. The number of hydrazine groups is 1. The minimum Gasteiger partial charge on any atom is -0.376 e. The van der Waals surface area contributed by atoms with Crippen LogP contribution in [-0.4, -0.2) is 29.2 Å². The minimum atomic E-state index is 0.186. The Kier molecular flexibility index (Phi) is 5.17. The molecule has 106 valence electrons. The van der Waals surface area contributed by atoms with Gasteiger partial charge in [-0.3, -0.25) is 0 Å². The van der Waals surface area contributed by atoms with E-state index < -0.39 is 0 Å². The molecule has 0 aromatic carbocycles. The average Bonchev–Trinajstić information content (AvgIpc) is 2.44. The van der Waals surface area contributed by atoms with Crippen LogP contribution in [0.3, 0.4) is 0 Å². The van der Waals surface area contributed by atoms with E-state index in [9.17, 15) is 0 Å². The van der Waals surface area contributed by atoms with E-state index in [-0.39, 0.29) is 5.95 Å². The number of nitrogens with zero attached hydrogens (tertiary/aromatic N) is 2. The molecule has 1 aliphatic rings. The number of nitrogens with one attached hydrogen (secondary N) is 2. The Morgan fingerprint density at radius 2 is 1.95 bits per heavy atom. The Morgan fingerprint density at radius 1 is 1.21 bits per heavy atom. The summed E-state index contributed by atoms with van der Waals surface area (Å²) >= 11 is 0. The minimum absolute atomic E-state index is 0.186. The molecule has 1 heterocycles. The molecule has 0 unspecified atom stereocenters. The summed E-state index contributed by atoms with van der Waals surface area (Å²) in [5.74, 6) is 6.61. The lowest BCUT2D eigenvalue weighted by Gasteiger charge is -2.22. The van der Waals surface area contributed by atoms with Crippen LogP contribution >= 0.6 is 0 Å². The van der Waals surface area contributed by atoms with Gasteiger partial charge in [-0.05, 0) is 12.8 Å². The molecule has 7 nitrogen and oxygen atoms in total. The summed E-state index contributed by atoms with van der Waals surface area (Å²) in [5, 5.41) is 3.15. The second kappa shape index (κ2) is 7.10. The zero-order valence-corrected chi connectivity index (χ0v) is 11.1. The molecule has 0 amide bonds. The number of hydrogen-bond acceptors (Lipinski definition) is 7. The van der Waals surface area contributed by atoms with Gasteiger partial charge in [-0.15, -0.1) is 0 Å². The lowest BCUT2D eigenvalue weighted by molar-refractivity contribution is 0.0347. The van der Waals surface area contributed by atoms with E-state index in [4.69, 9.17) is 16.3 Å². The number of rotatable bonds is 6. The number of aromatic nitrogens is 2. The predicted molar refractivity (Wildman–Crippen MR) is 75.6 cm³/mol. The molecule has 2 rings (SSSR count). The maximum Gasteiger partial charge on any atom is 0.223 e. The van der Waals surface area contributed by atoms with Gasteiger partial charge in [-0.1, -0.05) is 19.3 Å². The van der Waals surface area contributed by atoms with Crippen molar-refractivity contribution in [1.29, 1.82) is 0 Å². The van der Waals surface area contributed by atoms with E-state index >= 15 is 0 Å². The highest BCUT2D eigenvalue weighted by atomic mass is 16.5. The van der Waals surface area contributed by atoms with E-state index in [2.05, 4.69) is 20.7 Å². The monoisotopic (exact) mass is 266 g/mol. The summed E-state index contributed by atoms with van der Waals surface area (Å²) in [5.41, 5.74) is 8.02. The third-order valence-corrected chi connectivity index (χ3v) is 3.21. The molecule has 1 aromatic rings. The molecule has 0 radical (unpaired) electrons. The average molecular weight is 266 g/mol. The van der Waals surface area contributed by atoms with Gasteiger partial charge < -0.3 is 21.2 Å². The largest absolute Gasteiger partial charge is 0.376 e. The SMILES string of the molecule is NNc1cc(NCCOC2CCCCC2)nc(N)n1. The van der Waals surface area contributed by atoms with Gasteiger partial charge in [0.15, 0.2) is 0 Å². The Labute approximate surface area is 113 Å². The van der Waals surface area contributed by atoms with Crippen LogP contribution in [0.4, 0.5) is 17.6 Å². The van der Waals surface area contributed by atoms with Crippen LogP contribution < -0.4 is 22.3 Å². The van der Waals surface area contributed by atoms with E-state index in [0.717, 1.165) is 0 Å². The van der Waals surface area contributed by atoms with Crippen LogP contribution in [0.25, 0.3) is 0 Å². The van der Waals surface area contributed by atoms with Gasteiger partial charge in [0.1, 0.15) is 11.6 Å². The summed E-state index contributed by atoms with van der Waals surface area (Å²) in [7, 11) is 0. The van der Waals surface area contributed by atoms with Crippen LogP contribution in [-0.2, 0) is 4.74 Å². The highest BCUT2D eigenvalue weighted by molar-refractivity contribution is 5.50. The summed E-state index contributed by atoms with van der Waals surface area (Å²) < 4.78 is 5.81. The maximum atomic E-state index is 5.81. The number of anilines is 3. The maximum absolute atomic E-state index is 5.81. The smallest absolute Gasteiger partial charge is 0.223 e. The van der Waals surface area contributed by atoms with Crippen molar-refractivity contribution >= 4 is 17.6 Å². The van der Waals surface area contributed by atoms with Crippen molar-refractivity contribution in [2.75, 3.05) is 29.6 Å². The fourth-order valence-electron chi connectivity index (χ4n) is 2.27. The van der Waals surface area contributed by atoms with Crippen molar-refractivity contribution in [2.24, 2.45) is 5.84 Å². The lowest BCUT2D eigenvalue weighted by atomic mass is 9.98. The molecular weight excluding hydrogens is 244 g/mol. The first-order valence-corrected chi connectivity index (χ1v) is 6.74. The lowest BCUT2D eigenvalue weighted by Crippen LogP contribution is -2.21. The number of hydrogen-bond donors (Lipinski definition) is 4. The van der Waals surface area contributed by atoms with Gasteiger partial charge >= 0.3 is 0 Å². The first-order chi connectivity index (χ1) is 9.28. The fourth-order valence-corrected chi connectivity index (χ4v) is 2.27. The Balaban J connectivity index is 1.71. The summed E-state index contributed by atoms with van der Waals surface area (Å²) in [6.45, 7) is 1.36. The van der Waals surface area contributed by atoms with E-state index in [0.29, 0.717) is 30.9 Å². The Morgan fingerprint density at radius 3 is 2.68 bits per heavy atom. The second-order valence-corrected chi connectivity index (χ2v) is 4.70. The molecule has 1 fully saturated rings. The number of ether oxygens (including phenoxy) is 1. The van der Waals surface area contributed by atoms with Gasteiger partial charge in [-0.25, -0.2) is 5.84 Å². The normalized spacial score (nSPS) is 16.3. The summed E-state index contributed by atoms with van der Waals surface area (Å²) in [6.07, 6.45) is 6.70. The fraction of sp³-hybridized carbons (Fsp3) is 0.667. The highest BCUT2D eigenvalue weighted by Gasteiger charge is 2.13. The molecule has 1 aromatic heterocycles. The molecule has 1 saturated carbocycles. The molecule has 0 saturated heterocycles. The number of nitrogens with two attached hydrogens (primary N) is 2. The van der Waals surface area contributed by atoms with E-state index in [1.54, 1.807) is 6.07 Å². The van der Waals surface area contributed by atoms with Crippen molar-refractivity contribution in [2.45, 2.75) is 38.2 Å². The molecule has 0 spiro atoms. The first kappa shape index (κ1) is 13.8. The van der Waals surface area contributed by atoms with Crippen molar-refractivity contribution in [3.8, 4) is 0 Å². The molecule has 0 bridgehead atoms. The van der Waals surface area contributed by atoms with Gasteiger partial charge in [0.05, 0.1) is 12.7 Å². The summed E-state index contributed by atoms with van der Waals surface area (Å²) in [4.78, 5) is 7.98. The molecule has 0 atom stereocenters. The van der Waals surface area contributed by atoms with Gasteiger partial charge in [0, 0.05) is 12.6 Å². The quantitative estimate of drug-likeness (QED) is 0.346. The third-order valence-electron chi connectivity index (χ3n) is 3.21. The standard InChI is InChI=1S/C12H22N6O/c13-12-16-10(8-11(17-12)18-14)15-6-7-19-9-4-2-1-3-5-9/h8-9H,1-7,14H2,(H4,13,15,16,17,18). The van der Waals surface area contributed by atoms with Crippen LogP contribution in [0.5, 0.6) is 0 Å². The van der Waals surface area contributed by atoms with Gasteiger partial charge in [-0.2, -0.15) is 9.97 Å². The molecule has 1 aliphatic carbocycles. The van der Waals surface area contributed by atoms with Crippen molar-refractivity contribution in [3.05, 3.63) is 6.07 Å². The topological polar surface area (TPSA) is 111 Å². The number of nitrogen functional groups attached to an aromatic ring is 2. The van der Waals surface area contributed by atoms with Crippen LogP contribution in [0.15, 0.2) is 6.07 Å².